The monoisotopic (exact) mass is 423 g/mol. The Hall–Kier alpha value is -2.04. The van der Waals surface area contributed by atoms with E-state index < -0.39 is 0 Å². The van der Waals surface area contributed by atoms with Crippen LogP contribution < -0.4 is 4.90 Å². The number of benzene rings is 2. The molecule has 0 unspecified atom stereocenters. The molecule has 4 nitrogen and oxygen atoms in total. The van der Waals surface area contributed by atoms with Gasteiger partial charge < -0.3 is 19.5 Å². The SMILES string of the molecule is COC(OC)C1CCN(c2ccc([C@H]3c4ccc(O)cc4CC[C@H]3C(C)C)cc2)CC1. The minimum Gasteiger partial charge on any atom is -0.508 e. The zero-order valence-electron chi connectivity index (χ0n) is 19.4. The largest absolute Gasteiger partial charge is 0.508 e. The normalized spacial score (nSPS) is 22.2. The Morgan fingerprint density at radius 3 is 2.23 bits per heavy atom. The summed E-state index contributed by atoms with van der Waals surface area (Å²) in [6, 6.07) is 15.2. The molecule has 2 atom stereocenters. The van der Waals surface area contributed by atoms with Crippen LogP contribution in [0.4, 0.5) is 5.69 Å². The number of anilines is 1. The smallest absolute Gasteiger partial charge is 0.159 e. The van der Waals surface area contributed by atoms with Crippen LogP contribution in [0.2, 0.25) is 0 Å². The van der Waals surface area contributed by atoms with Crippen molar-refractivity contribution in [3.63, 3.8) is 0 Å². The highest BCUT2D eigenvalue weighted by Gasteiger charge is 2.33. The second kappa shape index (κ2) is 9.62. The number of nitrogens with zero attached hydrogens (tertiary/aromatic N) is 1. The first kappa shape index (κ1) is 22.2. The molecule has 1 aliphatic heterocycles. The number of phenolic OH excluding ortho intramolecular Hbond substituents is 1. The Bertz CT molecular complexity index is 851. The van der Waals surface area contributed by atoms with E-state index in [2.05, 4.69) is 49.1 Å². The minimum absolute atomic E-state index is 0.0942. The first-order valence-corrected chi connectivity index (χ1v) is 11.7. The number of piperidine rings is 1. The summed E-state index contributed by atoms with van der Waals surface area (Å²) in [7, 11) is 3.46. The van der Waals surface area contributed by atoms with E-state index in [0.29, 0.717) is 29.4 Å². The predicted molar refractivity (Wildman–Crippen MR) is 126 cm³/mol. The van der Waals surface area contributed by atoms with Crippen LogP contribution in [0.25, 0.3) is 0 Å². The van der Waals surface area contributed by atoms with Gasteiger partial charge >= 0.3 is 0 Å². The Labute approximate surface area is 187 Å². The molecule has 0 amide bonds. The van der Waals surface area contributed by atoms with Gasteiger partial charge in [-0.2, -0.15) is 0 Å². The van der Waals surface area contributed by atoms with Crippen molar-refractivity contribution >= 4 is 5.69 Å². The van der Waals surface area contributed by atoms with Crippen molar-refractivity contribution in [2.45, 2.75) is 51.7 Å². The van der Waals surface area contributed by atoms with Crippen LogP contribution >= 0.6 is 0 Å². The Morgan fingerprint density at radius 1 is 0.935 bits per heavy atom. The number of aromatic hydroxyl groups is 1. The first-order chi connectivity index (χ1) is 15.0. The topological polar surface area (TPSA) is 41.9 Å². The van der Waals surface area contributed by atoms with Crippen LogP contribution in [0.5, 0.6) is 5.75 Å². The van der Waals surface area contributed by atoms with E-state index in [0.717, 1.165) is 32.4 Å². The second-order valence-corrected chi connectivity index (χ2v) is 9.56. The maximum absolute atomic E-state index is 9.96. The second-order valence-electron chi connectivity index (χ2n) is 9.56. The van der Waals surface area contributed by atoms with Gasteiger partial charge in [-0.15, -0.1) is 0 Å². The molecule has 2 aromatic carbocycles. The minimum atomic E-state index is -0.0942. The molecule has 0 bridgehead atoms. The van der Waals surface area contributed by atoms with Crippen LogP contribution in [0.1, 0.15) is 55.7 Å². The maximum Gasteiger partial charge on any atom is 0.159 e. The molecule has 168 valence electrons. The van der Waals surface area contributed by atoms with Gasteiger partial charge in [0.2, 0.25) is 0 Å². The fourth-order valence-electron chi connectivity index (χ4n) is 5.78. The molecule has 0 saturated carbocycles. The standard InChI is InChI=1S/C27H37NO3/c1-18(2)24-11-7-21-17-23(29)10-12-25(21)26(24)19-5-8-22(9-6-19)28-15-13-20(14-16-28)27(30-3)31-4/h5-6,8-10,12,17-18,20,24,26-27,29H,7,11,13-16H2,1-4H3/t24-,26+/m0/s1. The van der Waals surface area contributed by atoms with Crippen molar-refractivity contribution in [1.82, 2.24) is 0 Å². The fourth-order valence-corrected chi connectivity index (χ4v) is 5.78. The van der Waals surface area contributed by atoms with Crippen molar-refractivity contribution in [1.29, 1.82) is 0 Å². The van der Waals surface area contributed by atoms with E-state index in [1.807, 2.05) is 12.1 Å². The third-order valence-corrected chi connectivity index (χ3v) is 7.50. The number of rotatable bonds is 6. The molecule has 4 heteroatoms. The van der Waals surface area contributed by atoms with Crippen molar-refractivity contribution in [3.8, 4) is 5.75 Å². The average Bonchev–Trinajstić information content (AvgIpc) is 2.79. The quantitative estimate of drug-likeness (QED) is 0.616. The van der Waals surface area contributed by atoms with E-state index in [9.17, 15) is 5.11 Å². The van der Waals surface area contributed by atoms with Gasteiger partial charge in [-0.3, -0.25) is 0 Å². The molecule has 1 N–H and O–H groups in total. The first-order valence-electron chi connectivity index (χ1n) is 11.7. The van der Waals surface area contributed by atoms with Gasteiger partial charge in [0.25, 0.3) is 0 Å². The van der Waals surface area contributed by atoms with Gasteiger partial charge in [-0.05, 0) is 78.5 Å². The van der Waals surface area contributed by atoms with Crippen molar-refractivity contribution < 1.29 is 14.6 Å². The van der Waals surface area contributed by atoms with Gasteiger partial charge in [0.05, 0.1) is 0 Å². The van der Waals surface area contributed by atoms with E-state index in [-0.39, 0.29) is 6.29 Å². The van der Waals surface area contributed by atoms with Gasteiger partial charge in [0, 0.05) is 44.8 Å². The number of aryl methyl sites for hydroxylation is 1. The zero-order chi connectivity index (χ0) is 22.0. The van der Waals surface area contributed by atoms with Gasteiger partial charge in [0.1, 0.15) is 5.75 Å². The van der Waals surface area contributed by atoms with Crippen LogP contribution in [-0.4, -0.2) is 38.7 Å². The number of fused-ring (bicyclic) bond motifs is 1. The van der Waals surface area contributed by atoms with E-state index in [1.165, 1.54) is 28.8 Å². The molecule has 1 saturated heterocycles. The lowest BCUT2D eigenvalue weighted by molar-refractivity contribution is -0.141. The molecular weight excluding hydrogens is 386 g/mol. The molecule has 0 aromatic heterocycles. The fraction of sp³-hybridized carbons (Fsp3) is 0.556. The highest BCUT2D eigenvalue weighted by Crippen LogP contribution is 2.45. The summed E-state index contributed by atoms with van der Waals surface area (Å²) in [5.41, 5.74) is 5.39. The summed E-state index contributed by atoms with van der Waals surface area (Å²) >= 11 is 0. The average molecular weight is 424 g/mol. The van der Waals surface area contributed by atoms with Gasteiger partial charge in [0.15, 0.2) is 6.29 Å². The van der Waals surface area contributed by atoms with Gasteiger partial charge in [-0.1, -0.05) is 32.0 Å². The third-order valence-electron chi connectivity index (χ3n) is 7.50. The summed E-state index contributed by atoms with van der Waals surface area (Å²) in [6.07, 6.45) is 4.31. The van der Waals surface area contributed by atoms with Crippen LogP contribution in [0.15, 0.2) is 42.5 Å². The summed E-state index contributed by atoms with van der Waals surface area (Å²) in [4.78, 5) is 2.48. The zero-order valence-corrected chi connectivity index (χ0v) is 19.4. The van der Waals surface area contributed by atoms with E-state index in [4.69, 9.17) is 9.47 Å². The molecule has 1 aliphatic carbocycles. The summed E-state index contributed by atoms with van der Waals surface area (Å²) in [5, 5.41) is 9.96. The lowest BCUT2D eigenvalue weighted by atomic mass is 9.68. The van der Waals surface area contributed by atoms with Gasteiger partial charge in [-0.25, -0.2) is 0 Å². The number of hydrogen-bond donors (Lipinski definition) is 1. The molecule has 4 rings (SSSR count). The Morgan fingerprint density at radius 2 is 1.61 bits per heavy atom. The maximum atomic E-state index is 9.96. The lowest BCUT2D eigenvalue weighted by Crippen LogP contribution is -2.39. The Kier molecular flexibility index (Phi) is 6.88. The molecule has 2 aliphatic rings. The number of phenols is 1. The highest BCUT2D eigenvalue weighted by molar-refractivity contribution is 5.51. The predicted octanol–water partition coefficient (Wildman–Crippen LogP) is 5.58. The summed E-state index contributed by atoms with van der Waals surface area (Å²) in [6.45, 7) is 6.75. The molecular formula is C27H37NO3. The molecule has 1 fully saturated rings. The summed E-state index contributed by atoms with van der Waals surface area (Å²) in [5.74, 6) is 2.49. The molecule has 0 radical (unpaired) electrons. The van der Waals surface area contributed by atoms with E-state index >= 15 is 0 Å². The molecule has 1 heterocycles. The van der Waals surface area contributed by atoms with Crippen LogP contribution in [0, 0.1) is 17.8 Å². The number of ether oxygens (including phenoxy) is 2. The summed E-state index contributed by atoms with van der Waals surface area (Å²) < 4.78 is 10.9. The lowest BCUT2D eigenvalue weighted by Gasteiger charge is -2.38. The molecule has 31 heavy (non-hydrogen) atoms. The van der Waals surface area contributed by atoms with Crippen LogP contribution in [0.3, 0.4) is 0 Å². The Balaban J connectivity index is 1.52. The molecule has 2 aromatic rings. The van der Waals surface area contributed by atoms with E-state index in [1.54, 1.807) is 14.2 Å². The number of hydrogen-bond acceptors (Lipinski definition) is 4. The van der Waals surface area contributed by atoms with Crippen molar-refractivity contribution in [2.75, 3.05) is 32.2 Å². The molecule has 0 spiro atoms. The van der Waals surface area contributed by atoms with Crippen molar-refractivity contribution in [3.05, 3.63) is 59.2 Å². The van der Waals surface area contributed by atoms with Crippen LogP contribution in [-0.2, 0) is 15.9 Å². The number of methoxy groups -OCH3 is 2. The van der Waals surface area contributed by atoms with Crippen molar-refractivity contribution in [2.24, 2.45) is 17.8 Å². The third kappa shape index (κ3) is 4.61. The highest BCUT2D eigenvalue weighted by atomic mass is 16.7.